The Balaban J connectivity index is 1.45. The van der Waals surface area contributed by atoms with Crippen LogP contribution in [0.2, 0.25) is 0 Å². The molecule has 42 heavy (non-hydrogen) atoms. The predicted molar refractivity (Wildman–Crippen MR) is 178 cm³/mol. The van der Waals surface area contributed by atoms with Gasteiger partial charge in [0.05, 0.1) is 5.52 Å². The van der Waals surface area contributed by atoms with E-state index in [1.54, 1.807) is 0 Å². The fourth-order valence-electron chi connectivity index (χ4n) is 6.44. The van der Waals surface area contributed by atoms with Gasteiger partial charge in [0, 0.05) is 17.1 Å². The first-order valence-electron chi connectivity index (χ1n) is 14.4. The van der Waals surface area contributed by atoms with Crippen LogP contribution in [0, 0.1) is 0 Å². The summed E-state index contributed by atoms with van der Waals surface area (Å²) in [6.07, 6.45) is 1.98. The van der Waals surface area contributed by atoms with Gasteiger partial charge in [0.25, 0.3) is 0 Å². The smallest absolute Gasteiger partial charge is 0.0708 e. The van der Waals surface area contributed by atoms with E-state index < -0.39 is 0 Å². The summed E-state index contributed by atoms with van der Waals surface area (Å²) in [6.45, 7) is 0. The molecule has 8 rings (SSSR count). The van der Waals surface area contributed by atoms with Crippen LogP contribution in [0.15, 0.2) is 164 Å². The standard InChI is InChI=1S/C41H27N/c1-3-14-28(15-4-1)30-26-38-32(24-13-25-39(38)42-27-30)31-18-7-8-19-33(31)41-36-22-11-9-20-34(36)40(29-16-5-2-6-17-29)35-21-10-12-23-37(35)41/h1-27H. The number of aromatic nitrogens is 1. The Morgan fingerprint density at radius 1 is 0.310 bits per heavy atom. The molecule has 0 radical (unpaired) electrons. The molecule has 0 spiro atoms. The number of nitrogens with zero attached hydrogens (tertiary/aromatic N) is 1. The summed E-state index contributed by atoms with van der Waals surface area (Å²) < 4.78 is 0. The lowest BCUT2D eigenvalue weighted by atomic mass is 9.83. The van der Waals surface area contributed by atoms with Crippen molar-refractivity contribution < 1.29 is 0 Å². The van der Waals surface area contributed by atoms with Gasteiger partial charge >= 0.3 is 0 Å². The van der Waals surface area contributed by atoms with Crippen LogP contribution in [-0.2, 0) is 0 Å². The van der Waals surface area contributed by atoms with Gasteiger partial charge in [-0.2, -0.15) is 0 Å². The highest BCUT2D eigenvalue weighted by atomic mass is 14.6. The number of rotatable bonds is 4. The summed E-state index contributed by atoms with van der Waals surface area (Å²) in [6, 6.07) is 56.6. The van der Waals surface area contributed by atoms with Gasteiger partial charge in [-0.25, -0.2) is 0 Å². The summed E-state index contributed by atoms with van der Waals surface area (Å²) in [4.78, 5) is 4.89. The normalized spacial score (nSPS) is 11.3. The zero-order valence-corrected chi connectivity index (χ0v) is 23.0. The van der Waals surface area contributed by atoms with Gasteiger partial charge in [-0.15, -0.1) is 0 Å². The fourth-order valence-corrected chi connectivity index (χ4v) is 6.44. The predicted octanol–water partition coefficient (Wildman–Crippen LogP) is 11.2. The fraction of sp³-hybridized carbons (Fsp3) is 0. The lowest BCUT2D eigenvalue weighted by molar-refractivity contribution is 1.41. The minimum absolute atomic E-state index is 0.996. The van der Waals surface area contributed by atoms with Gasteiger partial charge < -0.3 is 0 Å². The summed E-state index contributed by atoms with van der Waals surface area (Å²) in [5, 5.41) is 6.19. The van der Waals surface area contributed by atoms with E-state index in [2.05, 4.69) is 158 Å². The number of fused-ring (bicyclic) bond motifs is 3. The van der Waals surface area contributed by atoms with Gasteiger partial charge in [-0.3, -0.25) is 4.98 Å². The van der Waals surface area contributed by atoms with Crippen molar-refractivity contribution in [2.45, 2.75) is 0 Å². The molecule has 0 bridgehead atoms. The minimum atomic E-state index is 0.996. The van der Waals surface area contributed by atoms with E-state index in [9.17, 15) is 0 Å². The molecule has 0 aliphatic rings. The third-order valence-electron chi connectivity index (χ3n) is 8.31. The molecular weight excluding hydrogens is 506 g/mol. The Labute approximate surface area is 245 Å². The van der Waals surface area contributed by atoms with E-state index >= 15 is 0 Å². The highest BCUT2D eigenvalue weighted by Gasteiger charge is 2.19. The molecule has 0 aliphatic carbocycles. The highest BCUT2D eigenvalue weighted by Crippen LogP contribution is 2.46. The molecule has 196 valence electrons. The van der Waals surface area contributed by atoms with Crippen molar-refractivity contribution in [1.29, 1.82) is 0 Å². The average molecular weight is 534 g/mol. The lowest BCUT2D eigenvalue weighted by Crippen LogP contribution is -1.93. The average Bonchev–Trinajstić information content (AvgIpc) is 3.07. The number of benzene rings is 7. The SMILES string of the molecule is c1ccc(-c2cnc3cccc(-c4ccccc4-c4c5ccccc5c(-c5ccccc5)c5ccccc45)c3c2)cc1. The Bertz CT molecular complexity index is 2170. The molecule has 1 heteroatoms. The van der Waals surface area contributed by atoms with Crippen LogP contribution < -0.4 is 0 Å². The molecule has 0 atom stereocenters. The molecule has 0 aliphatic heterocycles. The van der Waals surface area contributed by atoms with Crippen molar-refractivity contribution in [2.75, 3.05) is 0 Å². The van der Waals surface area contributed by atoms with Crippen molar-refractivity contribution in [1.82, 2.24) is 4.98 Å². The van der Waals surface area contributed by atoms with E-state index in [0.717, 1.165) is 16.5 Å². The van der Waals surface area contributed by atoms with Crippen LogP contribution in [0.1, 0.15) is 0 Å². The van der Waals surface area contributed by atoms with E-state index in [4.69, 9.17) is 4.98 Å². The molecule has 1 aromatic heterocycles. The van der Waals surface area contributed by atoms with Crippen molar-refractivity contribution in [2.24, 2.45) is 0 Å². The summed E-state index contributed by atoms with van der Waals surface area (Å²) >= 11 is 0. The molecule has 8 aromatic rings. The van der Waals surface area contributed by atoms with E-state index in [0.29, 0.717) is 0 Å². The maximum atomic E-state index is 4.89. The van der Waals surface area contributed by atoms with Crippen LogP contribution >= 0.6 is 0 Å². The van der Waals surface area contributed by atoms with Crippen LogP contribution in [0.4, 0.5) is 0 Å². The molecule has 1 heterocycles. The van der Waals surface area contributed by atoms with Crippen molar-refractivity contribution in [3.8, 4) is 44.5 Å². The molecule has 0 saturated carbocycles. The second-order valence-corrected chi connectivity index (χ2v) is 10.7. The van der Waals surface area contributed by atoms with E-state index in [-0.39, 0.29) is 0 Å². The van der Waals surface area contributed by atoms with E-state index in [1.165, 1.54) is 60.5 Å². The van der Waals surface area contributed by atoms with Gasteiger partial charge in [0.15, 0.2) is 0 Å². The first-order chi connectivity index (χ1) is 20.9. The number of hydrogen-bond acceptors (Lipinski definition) is 1. The Morgan fingerprint density at radius 3 is 1.45 bits per heavy atom. The molecule has 0 unspecified atom stereocenters. The minimum Gasteiger partial charge on any atom is -0.256 e. The van der Waals surface area contributed by atoms with Crippen LogP contribution in [0.5, 0.6) is 0 Å². The molecule has 1 nitrogen and oxygen atoms in total. The summed E-state index contributed by atoms with van der Waals surface area (Å²) in [7, 11) is 0. The third-order valence-corrected chi connectivity index (χ3v) is 8.31. The van der Waals surface area contributed by atoms with Crippen LogP contribution in [0.3, 0.4) is 0 Å². The van der Waals surface area contributed by atoms with Gasteiger partial charge in [0.2, 0.25) is 0 Å². The summed E-state index contributed by atoms with van der Waals surface area (Å²) in [5.74, 6) is 0. The highest BCUT2D eigenvalue weighted by molar-refractivity contribution is 6.22. The largest absolute Gasteiger partial charge is 0.256 e. The lowest BCUT2D eigenvalue weighted by Gasteiger charge is -2.20. The molecular formula is C41H27N. The Kier molecular flexibility index (Phi) is 5.86. The second-order valence-electron chi connectivity index (χ2n) is 10.7. The topological polar surface area (TPSA) is 12.9 Å². The van der Waals surface area contributed by atoms with E-state index in [1.807, 2.05) is 6.20 Å². The Morgan fingerprint density at radius 2 is 0.810 bits per heavy atom. The maximum absolute atomic E-state index is 4.89. The monoisotopic (exact) mass is 533 g/mol. The molecule has 0 N–H and O–H groups in total. The quantitative estimate of drug-likeness (QED) is 0.205. The first kappa shape index (κ1) is 24.3. The van der Waals surface area contributed by atoms with Gasteiger partial charge in [0.1, 0.15) is 0 Å². The maximum Gasteiger partial charge on any atom is 0.0708 e. The number of pyridine rings is 1. The van der Waals surface area contributed by atoms with Crippen LogP contribution in [0.25, 0.3) is 77.0 Å². The van der Waals surface area contributed by atoms with Gasteiger partial charge in [-0.05, 0) is 72.6 Å². The Hall–Kier alpha value is -5.53. The number of hydrogen-bond donors (Lipinski definition) is 0. The van der Waals surface area contributed by atoms with Gasteiger partial charge in [-0.1, -0.05) is 146 Å². The second kappa shape index (κ2) is 10.1. The molecule has 0 amide bonds. The molecule has 0 saturated heterocycles. The zero-order chi connectivity index (χ0) is 27.9. The first-order valence-corrected chi connectivity index (χ1v) is 14.4. The molecule has 0 fully saturated rings. The molecule has 7 aromatic carbocycles. The van der Waals surface area contributed by atoms with Crippen molar-refractivity contribution in [3.05, 3.63) is 164 Å². The van der Waals surface area contributed by atoms with Crippen molar-refractivity contribution in [3.63, 3.8) is 0 Å². The van der Waals surface area contributed by atoms with Crippen LogP contribution in [-0.4, -0.2) is 4.98 Å². The summed E-state index contributed by atoms with van der Waals surface area (Å²) in [5.41, 5.74) is 10.7. The zero-order valence-electron chi connectivity index (χ0n) is 23.0. The third kappa shape index (κ3) is 3.98. The van der Waals surface area contributed by atoms with Crippen molar-refractivity contribution >= 4 is 32.4 Å².